The summed E-state index contributed by atoms with van der Waals surface area (Å²) >= 11 is 1.59. The van der Waals surface area contributed by atoms with Crippen LogP contribution in [0.3, 0.4) is 0 Å². The van der Waals surface area contributed by atoms with Gasteiger partial charge in [0.1, 0.15) is 12.1 Å². The van der Waals surface area contributed by atoms with E-state index in [1.165, 1.54) is 6.33 Å². The largest absolute Gasteiger partial charge is 0.360 e. The third-order valence-electron chi connectivity index (χ3n) is 2.32. The van der Waals surface area contributed by atoms with Gasteiger partial charge >= 0.3 is 0 Å². The van der Waals surface area contributed by atoms with Gasteiger partial charge in [0, 0.05) is 6.54 Å². The third-order valence-corrected chi connectivity index (χ3v) is 3.42. The summed E-state index contributed by atoms with van der Waals surface area (Å²) in [5.41, 5.74) is 2.08. The lowest BCUT2D eigenvalue weighted by Gasteiger charge is -2.05. The van der Waals surface area contributed by atoms with Crippen molar-refractivity contribution in [2.45, 2.75) is 13.8 Å². The van der Waals surface area contributed by atoms with Gasteiger partial charge in [-0.3, -0.25) is 4.79 Å². The fraction of sp³-hybridized carbons (Fsp3) is 0.364. The highest BCUT2D eigenvalue weighted by Crippen LogP contribution is 2.28. The van der Waals surface area contributed by atoms with Crippen LogP contribution in [0.1, 0.15) is 12.5 Å². The van der Waals surface area contributed by atoms with Crippen molar-refractivity contribution in [3.63, 3.8) is 0 Å². The minimum atomic E-state index is -0.0347. The van der Waals surface area contributed by atoms with Gasteiger partial charge in [0.05, 0.1) is 16.8 Å². The molecule has 0 saturated carbocycles. The van der Waals surface area contributed by atoms with Gasteiger partial charge in [0.25, 0.3) is 0 Å². The Morgan fingerprint density at radius 2 is 2.29 bits per heavy atom. The fourth-order valence-corrected chi connectivity index (χ4v) is 2.49. The number of anilines is 1. The smallest absolute Gasteiger partial charge is 0.239 e. The first-order valence-corrected chi connectivity index (χ1v) is 6.29. The van der Waals surface area contributed by atoms with Crippen LogP contribution in [0.4, 0.5) is 5.82 Å². The molecule has 0 aromatic carbocycles. The minimum absolute atomic E-state index is 0.0347. The Balaban J connectivity index is 2.16. The summed E-state index contributed by atoms with van der Waals surface area (Å²) in [6.45, 7) is 4.78. The first kappa shape index (κ1) is 11.8. The van der Waals surface area contributed by atoms with E-state index < -0.39 is 0 Å². The van der Waals surface area contributed by atoms with E-state index in [2.05, 4.69) is 20.6 Å². The molecule has 90 valence electrons. The van der Waals surface area contributed by atoms with Gasteiger partial charge in [-0.25, -0.2) is 9.97 Å². The second kappa shape index (κ2) is 5.09. The molecule has 0 spiro atoms. The fourth-order valence-electron chi connectivity index (χ4n) is 1.52. The number of rotatable bonds is 4. The lowest BCUT2D eigenvalue weighted by Crippen LogP contribution is -2.29. The number of hydrogen-bond acceptors (Lipinski definition) is 5. The maximum Gasteiger partial charge on any atom is 0.239 e. The second-order valence-electron chi connectivity index (χ2n) is 3.63. The van der Waals surface area contributed by atoms with Crippen molar-refractivity contribution in [3.8, 4) is 0 Å². The van der Waals surface area contributed by atoms with Gasteiger partial charge in [-0.15, -0.1) is 11.3 Å². The molecule has 2 aromatic heterocycles. The number of carbonyl (C=O) groups excluding carboxylic acids is 1. The zero-order chi connectivity index (χ0) is 12.3. The van der Waals surface area contributed by atoms with Crippen molar-refractivity contribution in [2.75, 3.05) is 18.4 Å². The van der Waals surface area contributed by atoms with Crippen LogP contribution in [0.25, 0.3) is 10.2 Å². The molecule has 0 atom stereocenters. The standard InChI is InChI=1S/C11H14N4OS/c1-3-12-8(16)4-13-11-10-9(14-6-15-11)7(2)5-17-10/h5-6H,3-4H2,1-2H3,(H,12,16)(H,13,14,15). The molecule has 0 bridgehead atoms. The van der Waals surface area contributed by atoms with Crippen LogP contribution in [-0.4, -0.2) is 29.0 Å². The van der Waals surface area contributed by atoms with Gasteiger partial charge in [-0.2, -0.15) is 0 Å². The number of nitrogens with zero attached hydrogens (tertiary/aromatic N) is 2. The highest BCUT2D eigenvalue weighted by molar-refractivity contribution is 7.18. The molecule has 0 saturated heterocycles. The van der Waals surface area contributed by atoms with E-state index >= 15 is 0 Å². The highest BCUT2D eigenvalue weighted by atomic mass is 32.1. The van der Waals surface area contributed by atoms with Crippen LogP contribution in [-0.2, 0) is 4.79 Å². The molecule has 2 rings (SSSR count). The number of amides is 1. The number of hydrogen-bond donors (Lipinski definition) is 2. The van der Waals surface area contributed by atoms with E-state index in [-0.39, 0.29) is 12.5 Å². The molecule has 2 heterocycles. The summed E-state index contributed by atoms with van der Waals surface area (Å²) in [5, 5.41) is 7.80. The third kappa shape index (κ3) is 2.52. The van der Waals surface area contributed by atoms with E-state index in [1.54, 1.807) is 11.3 Å². The molecule has 2 aromatic rings. The Bertz CT molecular complexity index is 537. The van der Waals surface area contributed by atoms with E-state index in [0.717, 1.165) is 21.6 Å². The number of fused-ring (bicyclic) bond motifs is 1. The maximum atomic E-state index is 11.3. The highest BCUT2D eigenvalue weighted by Gasteiger charge is 2.08. The van der Waals surface area contributed by atoms with Crippen LogP contribution in [0.15, 0.2) is 11.7 Å². The van der Waals surface area contributed by atoms with Gasteiger partial charge in [0.2, 0.25) is 5.91 Å². The summed E-state index contributed by atoms with van der Waals surface area (Å²) < 4.78 is 0.995. The molecular weight excluding hydrogens is 236 g/mol. The molecule has 1 amide bonds. The number of carbonyl (C=O) groups is 1. The average Bonchev–Trinajstić information content (AvgIpc) is 2.70. The number of aryl methyl sites for hydroxylation is 1. The normalized spacial score (nSPS) is 10.5. The van der Waals surface area contributed by atoms with Crippen LogP contribution in [0.2, 0.25) is 0 Å². The number of thiophene rings is 1. The molecule has 0 unspecified atom stereocenters. The van der Waals surface area contributed by atoms with Gasteiger partial charge in [0.15, 0.2) is 0 Å². The molecular formula is C11H14N4OS. The molecule has 0 aliphatic heterocycles. The SMILES string of the molecule is CCNC(=O)CNc1ncnc2c(C)csc12. The first-order chi connectivity index (χ1) is 8.22. The van der Waals surface area contributed by atoms with Gasteiger partial charge in [-0.1, -0.05) is 0 Å². The van der Waals surface area contributed by atoms with Gasteiger partial charge in [-0.05, 0) is 24.8 Å². The lowest BCUT2D eigenvalue weighted by atomic mass is 10.3. The zero-order valence-electron chi connectivity index (χ0n) is 9.78. The molecule has 0 aliphatic carbocycles. The number of nitrogens with one attached hydrogen (secondary N) is 2. The molecule has 2 N–H and O–H groups in total. The Hall–Kier alpha value is -1.69. The van der Waals surface area contributed by atoms with Crippen molar-refractivity contribution in [1.82, 2.24) is 15.3 Å². The molecule has 0 radical (unpaired) electrons. The Morgan fingerprint density at radius 1 is 1.47 bits per heavy atom. The molecule has 0 aliphatic rings. The van der Waals surface area contributed by atoms with Crippen molar-refractivity contribution >= 4 is 33.3 Å². The van der Waals surface area contributed by atoms with Crippen molar-refractivity contribution < 1.29 is 4.79 Å². The summed E-state index contributed by atoms with van der Waals surface area (Å²) in [6.07, 6.45) is 1.52. The average molecular weight is 250 g/mol. The predicted molar refractivity (Wildman–Crippen MR) is 69.3 cm³/mol. The monoisotopic (exact) mass is 250 g/mol. The van der Waals surface area contributed by atoms with E-state index in [1.807, 2.05) is 19.2 Å². The van der Waals surface area contributed by atoms with Crippen LogP contribution in [0, 0.1) is 6.92 Å². The summed E-state index contributed by atoms with van der Waals surface area (Å²) in [7, 11) is 0. The van der Waals surface area contributed by atoms with E-state index in [0.29, 0.717) is 6.54 Å². The van der Waals surface area contributed by atoms with E-state index in [4.69, 9.17) is 0 Å². The molecule has 17 heavy (non-hydrogen) atoms. The summed E-state index contributed by atoms with van der Waals surface area (Å²) in [5.74, 6) is 0.687. The van der Waals surface area contributed by atoms with Crippen molar-refractivity contribution in [3.05, 3.63) is 17.3 Å². The van der Waals surface area contributed by atoms with Crippen LogP contribution < -0.4 is 10.6 Å². The Morgan fingerprint density at radius 3 is 3.06 bits per heavy atom. The Kier molecular flexibility index (Phi) is 3.53. The van der Waals surface area contributed by atoms with E-state index in [9.17, 15) is 4.79 Å². The number of likely N-dealkylation sites (N-methyl/N-ethyl adjacent to an activating group) is 1. The molecule has 6 heteroatoms. The van der Waals surface area contributed by atoms with Crippen LogP contribution in [0.5, 0.6) is 0 Å². The topological polar surface area (TPSA) is 66.9 Å². The van der Waals surface area contributed by atoms with Gasteiger partial charge < -0.3 is 10.6 Å². The summed E-state index contributed by atoms with van der Waals surface area (Å²) in [6, 6.07) is 0. The first-order valence-electron chi connectivity index (χ1n) is 5.41. The lowest BCUT2D eigenvalue weighted by molar-refractivity contribution is -0.119. The summed E-state index contributed by atoms with van der Waals surface area (Å²) in [4.78, 5) is 19.7. The zero-order valence-corrected chi connectivity index (χ0v) is 10.6. The predicted octanol–water partition coefficient (Wildman–Crippen LogP) is 1.55. The molecule has 0 fully saturated rings. The minimum Gasteiger partial charge on any atom is -0.360 e. The number of aromatic nitrogens is 2. The van der Waals surface area contributed by atoms with Crippen molar-refractivity contribution in [1.29, 1.82) is 0 Å². The quantitative estimate of drug-likeness (QED) is 0.864. The van der Waals surface area contributed by atoms with Crippen molar-refractivity contribution in [2.24, 2.45) is 0 Å². The maximum absolute atomic E-state index is 11.3. The second-order valence-corrected chi connectivity index (χ2v) is 4.51. The van der Waals surface area contributed by atoms with Crippen LogP contribution >= 0.6 is 11.3 Å². The Labute approximate surface area is 103 Å². The molecule has 5 nitrogen and oxygen atoms in total.